The zero-order valence-corrected chi connectivity index (χ0v) is 18.2. The lowest BCUT2D eigenvalue weighted by atomic mass is 10.1. The van der Waals surface area contributed by atoms with Crippen LogP contribution in [0.25, 0.3) is 0 Å². The Morgan fingerprint density at radius 3 is 2.33 bits per heavy atom. The van der Waals surface area contributed by atoms with Crippen LogP contribution in [0.2, 0.25) is 0 Å². The lowest BCUT2D eigenvalue weighted by Gasteiger charge is -2.13. The standard InChI is InChI=1S/C23H21BrN2O4/c1-29-18-10-7-15(8-11-18)22(27)26-20-6-4-3-5-19(20)23(28)25-14-16-13-17(24)9-12-21(16)30-2/h3-13H,14H2,1-2H3,(H,25,28)(H,26,27). The number of nitrogens with one attached hydrogen (secondary N) is 2. The number of halogens is 1. The molecule has 0 aromatic heterocycles. The zero-order valence-electron chi connectivity index (χ0n) is 16.6. The minimum atomic E-state index is -0.313. The summed E-state index contributed by atoms with van der Waals surface area (Å²) in [5.41, 5.74) is 2.09. The maximum absolute atomic E-state index is 12.8. The Labute approximate surface area is 183 Å². The van der Waals surface area contributed by atoms with Crippen molar-refractivity contribution in [2.75, 3.05) is 19.5 Å². The number of amides is 2. The molecule has 0 aliphatic heterocycles. The Morgan fingerprint density at radius 2 is 1.63 bits per heavy atom. The summed E-state index contributed by atoms with van der Waals surface area (Å²) >= 11 is 3.42. The molecule has 0 unspecified atom stereocenters. The quantitative estimate of drug-likeness (QED) is 0.529. The molecular weight excluding hydrogens is 448 g/mol. The van der Waals surface area contributed by atoms with Gasteiger partial charge in [-0.2, -0.15) is 0 Å². The van der Waals surface area contributed by atoms with Gasteiger partial charge >= 0.3 is 0 Å². The van der Waals surface area contributed by atoms with Gasteiger partial charge in [0.15, 0.2) is 0 Å². The van der Waals surface area contributed by atoms with Crippen molar-refractivity contribution >= 4 is 33.4 Å². The van der Waals surface area contributed by atoms with Crippen molar-refractivity contribution in [2.24, 2.45) is 0 Å². The third-order valence-corrected chi connectivity index (χ3v) is 4.95. The van der Waals surface area contributed by atoms with Gasteiger partial charge in [-0.15, -0.1) is 0 Å². The average Bonchev–Trinajstić information content (AvgIpc) is 2.78. The maximum atomic E-state index is 12.8. The highest BCUT2D eigenvalue weighted by Crippen LogP contribution is 2.23. The van der Waals surface area contributed by atoms with Gasteiger partial charge in [0.1, 0.15) is 11.5 Å². The highest BCUT2D eigenvalue weighted by Gasteiger charge is 2.15. The minimum absolute atomic E-state index is 0.280. The van der Waals surface area contributed by atoms with Crippen molar-refractivity contribution in [2.45, 2.75) is 6.54 Å². The van der Waals surface area contributed by atoms with E-state index >= 15 is 0 Å². The summed E-state index contributed by atoms with van der Waals surface area (Å²) in [4.78, 5) is 25.4. The number of carbonyl (C=O) groups is 2. The first kappa shape index (κ1) is 21.4. The topological polar surface area (TPSA) is 76.7 Å². The Balaban J connectivity index is 1.73. The first-order valence-electron chi connectivity index (χ1n) is 9.17. The molecule has 3 rings (SSSR count). The molecular formula is C23H21BrN2O4. The SMILES string of the molecule is COc1ccc(C(=O)Nc2ccccc2C(=O)NCc2cc(Br)ccc2OC)cc1. The fourth-order valence-corrected chi connectivity index (χ4v) is 3.29. The molecule has 2 amide bonds. The van der Waals surface area contributed by atoms with Gasteiger partial charge in [0.2, 0.25) is 0 Å². The third-order valence-electron chi connectivity index (χ3n) is 4.45. The number of para-hydroxylation sites is 1. The van der Waals surface area contributed by atoms with E-state index in [1.165, 1.54) is 0 Å². The Bertz CT molecular complexity index is 1050. The summed E-state index contributed by atoms with van der Waals surface area (Å²) in [6, 6.07) is 19.2. The molecule has 2 N–H and O–H groups in total. The minimum Gasteiger partial charge on any atom is -0.497 e. The molecule has 0 spiro atoms. The Hall–Kier alpha value is -3.32. The molecule has 0 heterocycles. The van der Waals surface area contributed by atoms with Crippen LogP contribution in [0.3, 0.4) is 0 Å². The van der Waals surface area contributed by atoms with Crippen LogP contribution < -0.4 is 20.1 Å². The first-order valence-corrected chi connectivity index (χ1v) is 9.96. The highest BCUT2D eigenvalue weighted by molar-refractivity contribution is 9.10. The number of hydrogen-bond acceptors (Lipinski definition) is 4. The molecule has 0 saturated heterocycles. The van der Waals surface area contributed by atoms with E-state index in [2.05, 4.69) is 26.6 Å². The zero-order chi connectivity index (χ0) is 21.5. The van der Waals surface area contributed by atoms with Crippen LogP contribution >= 0.6 is 15.9 Å². The van der Waals surface area contributed by atoms with Crippen LogP contribution in [0.1, 0.15) is 26.3 Å². The molecule has 0 bridgehead atoms. The number of methoxy groups -OCH3 is 2. The lowest BCUT2D eigenvalue weighted by molar-refractivity contribution is 0.0951. The fourth-order valence-electron chi connectivity index (χ4n) is 2.88. The van der Waals surface area contributed by atoms with Crippen molar-refractivity contribution < 1.29 is 19.1 Å². The summed E-state index contributed by atoms with van der Waals surface area (Å²) in [7, 11) is 3.15. The van der Waals surface area contributed by atoms with E-state index in [1.54, 1.807) is 62.8 Å². The van der Waals surface area contributed by atoms with Crippen LogP contribution in [-0.2, 0) is 6.54 Å². The van der Waals surface area contributed by atoms with Gasteiger partial charge in [-0.1, -0.05) is 28.1 Å². The van der Waals surface area contributed by atoms with E-state index in [4.69, 9.17) is 9.47 Å². The number of anilines is 1. The molecule has 3 aromatic carbocycles. The predicted molar refractivity (Wildman–Crippen MR) is 119 cm³/mol. The van der Waals surface area contributed by atoms with Crippen molar-refractivity contribution in [3.05, 3.63) is 87.9 Å². The lowest BCUT2D eigenvalue weighted by Crippen LogP contribution is -2.25. The van der Waals surface area contributed by atoms with Crippen LogP contribution in [0.4, 0.5) is 5.69 Å². The summed E-state index contributed by atoms with van der Waals surface area (Å²) in [6.45, 7) is 0.280. The van der Waals surface area contributed by atoms with Crippen LogP contribution in [-0.4, -0.2) is 26.0 Å². The Morgan fingerprint density at radius 1 is 0.900 bits per heavy atom. The molecule has 0 aliphatic rings. The fraction of sp³-hybridized carbons (Fsp3) is 0.130. The van der Waals surface area contributed by atoms with Gasteiger partial charge in [-0.05, 0) is 54.6 Å². The van der Waals surface area contributed by atoms with Crippen LogP contribution in [0.5, 0.6) is 11.5 Å². The largest absolute Gasteiger partial charge is 0.497 e. The van der Waals surface area contributed by atoms with Crippen LogP contribution in [0, 0.1) is 0 Å². The number of hydrogen-bond donors (Lipinski definition) is 2. The van der Waals surface area contributed by atoms with Crippen molar-refractivity contribution in [3.63, 3.8) is 0 Å². The molecule has 3 aromatic rings. The number of carbonyl (C=O) groups excluding carboxylic acids is 2. The van der Waals surface area contributed by atoms with Gasteiger partial charge in [0.25, 0.3) is 11.8 Å². The van der Waals surface area contributed by atoms with Crippen LogP contribution in [0.15, 0.2) is 71.2 Å². The molecule has 0 saturated carbocycles. The highest BCUT2D eigenvalue weighted by atomic mass is 79.9. The van der Waals surface area contributed by atoms with E-state index < -0.39 is 0 Å². The molecule has 0 aliphatic carbocycles. The van der Waals surface area contributed by atoms with E-state index in [9.17, 15) is 9.59 Å². The smallest absolute Gasteiger partial charge is 0.255 e. The molecule has 154 valence electrons. The van der Waals surface area contributed by atoms with Crippen molar-refractivity contribution in [3.8, 4) is 11.5 Å². The summed E-state index contributed by atoms with van der Waals surface area (Å²) < 4.78 is 11.3. The van der Waals surface area contributed by atoms with E-state index in [0.717, 1.165) is 10.0 Å². The molecule has 0 atom stereocenters. The van der Waals surface area contributed by atoms with E-state index in [1.807, 2.05) is 18.2 Å². The predicted octanol–water partition coefficient (Wildman–Crippen LogP) is 4.65. The summed E-state index contributed by atoms with van der Waals surface area (Å²) in [5.74, 6) is 0.725. The number of ether oxygens (including phenoxy) is 2. The molecule has 0 fully saturated rings. The van der Waals surface area contributed by atoms with Crippen molar-refractivity contribution in [1.29, 1.82) is 0 Å². The van der Waals surface area contributed by atoms with Gasteiger partial charge < -0.3 is 20.1 Å². The van der Waals surface area contributed by atoms with Gasteiger partial charge in [-0.25, -0.2) is 0 Å². The maximum Gasteiger partial charge on any atom is 0.255 e. The van der Waals surface area contributed by atoms with Gasteiger partial charge in [0.05, 0.1) is 25.5 Å². The molecule has 0 radical (unpaired) electrons. The average molecular weight is 469 g/mol. The second-order valence-corrected chi connectivity index (χ2v) is 7.28. The second-order valence-electron chi connectivity index (χ2n) is 6.37. The molecule has 7 heteroatoms. The molecule has 30 heavy (non-hydrogen) atoms. The van der Waals surface area contributed by atoms with Gasteiger partial charge in [-0.3, -0.25) is 9.59 Å². The van der Waals surface area contributed by atoms with Crippen molar-refractivity contribution in [1.82, 2.24) is 5.32 Å². The van der Waals surface area contributed by atoms with E-state index in [0.29, 0.717) is 28.3 Å². The second kappa shape index (κ2) is 9.93. The van der Waals surface area contributed by atoms with E-state index in [-0.39, 0.29) is 18.4 Å². The van der Waals surface area contributed by atoms with Gasteiger partial charge in [0, 0.05) is 22.1 Å². The molecule has 6 nitrogen and oxygen atoms in total. The number of rotatable bonds is 7. The third kappa shape index (κ3) is 5.18. The normalized spacial score (nSPS) is 10.2. The monoisotopic (exact) mass is 468 g/mol. The summed E-state index contributed by atoms with van der Waals surface area (Å²) in [6.07, 6.45) is 0. The summed E-state index contributed by atoms with van der Waals surface area (Å²) in [5, 5.41) is 5.68. The first-order chi connectivity index (χ1) is 14.5. The number of benzene rings is 3. The Kier molecular flexibility index (Phi) is 7.08.